The van der Waals surface area contributed by atoms with Crippen molar-refractivity contribution in [3.8, 4) is 0 Å². The van der Waals surface area contributed by atoms with E-state index in [2.05, 4.69) is 15.6 Å². The molecule has 5 heteroatoms. The molecular formula is C19H26N4O. The number of aryl methyl sites for hydroxylation is 2. The molecule has 1 aromatic heterocycles. The van der Waals surface area contributed by atoms with E-state index in [-0.39, 0.29) is 11.9 Å². The first-order chi connectivity index (χ1) is 11.5. The summed E-state index contributed by atoms with van der Waals surface area (Å²) in [6.07, 6.45) is 3.58. The number of carbonyl (C=O) groups is 1. The smallest absolute Gasteiger partial charge is 0.242 e. The van der Waals surface area contributed by atoms with Crippen LogP contribution in [0, 0.1) is 13.8 Å². The second-order valence-corrected chi connectivity index (χ2v) is 6.13. The van der Waals surface area contributed by atoms with Gasteiger partial charge in [-0.3, -0.25) is 14.7 Å². The molecule has 0 spiro atoms. The van der Waals surface area contributed by atoms with Gasteiger partial charge in [0.25, 0.3) is 0 Å². The lowest BCUT2D eigenvalue weighted by molar-refractivity contribution is -0.125. The summed E-state index contributed by atoms with van der Waals surface area (Å²) < 4.78 is 0. The van der Waals surface area contributed by atoms with Gasteiger partial charge in [0.05, 0.1) is 0 Å². The lowest BCUT2D eigenvalue weighted by atomic mass is 10.00. The van der Waals surface area contributed by atoms with Gasteiger partial charge in [0, 0.05) is 31.2 Å². The highest BCUT2D eigenvalue weighted by atomic mass is 16.2. The molecule has 2 rings (SSSR count). The van der Waals surface area contributed by atoms with E-state index in [4.69, 9.17) is 0 Å². The number of rotatable bonds is 7. The van der Waals surface area contributed by atoms with Gasteiger partial charge in [-0.05, 0) is 50.7 Å². The van der Waals surface area contributed by atoms with Gasteiger partial charge in [0.2, 0.25) is 5.91 Å². The third-order valence-electron chi connectivity index (χ3n) is 4.01. The Balaban J connectivity index is 1.92. The van der Waals surface area contributed by atoms with Crippen LogP contribution in [-0.4, -0.2) is 43.0 Å². The molecule has 0 fully saturated rings. The van der Waals surface area contributed by atoms with E-state index >= 15 is 0 Å². The number of hydrogen-bond acceptors (Lipinski definition) is 4. The number of hydrogen-bond donors (Lipinski definition) is 2. The van der Waals surface area contributed by atoms with Crippen LogP contribution in [0.1, 0.15) is 22.7 Å². The van der Waals surface area contributed by atoms with Crippen molar-refractivity contribution in [2.45, 2.75) is 19.9 Å². The third-order valence-corrected chi connectivity index (χ3v) is 4.01. The lowest BCUT2D eigenvalue weighted by Crippen LogP contribution is -2.39. The largest absolute Gasteiger partial charge is 0.383 e. The quantitative estimate of drug-likeness (QED) is 0.768. The zero-order valence-electron chi connectivity index (χ0n) is 14.8. The first-order valence-corrected chi connectivity index (χ1v) is 8.15. The van der Waals surface area contributed by atoms with Crippen LogP contribution in [0.25, 0.3) is 0 Å². The summed E-state index contributed by atoms with van der Waals surface area (Å²) >= 11 is 0. The molecule has 1 heterocycles. The summed E-state index contributed by atoms with van der Waals surface area (Å²) in [4.78, 5) is 18.6. The minimum atomic E-state index is -0.283. The first-order valence-electron chi connectivity index (χ1n) is 8.15. The summed E-state index contributed by atoms with van der Waals surface area (Å²) in [5.74, 6) is 0.0163. The zero-order valence-corrected chi connectivity index (χ0v) is 14.8. The van der Waals surface area contributed by atoms with Crippen LogP contribution in [-0.2, 0) is 4.79 Å². The van der Waals surface area contributed by atoms with Gasteiger partial charge in [0.1, 0.15) is 6.04 Å². The molecule has 0 bridgehead atoms. The van der Waals surface area contributed by atoms with Crippen molar-refractivity contribution < 1.29 is 4.79 Å². The van der Waals surface area contributed by atoms with Gasteiger partial charge in [-0.25, -0.2) is 0 Å². The normalized spacial score (nSPS) is 12.0. The van der Waals surface area contributed by atoms with Gasteiger partial charge < -0.3 is 10.6 Å². The average Bonchev–Trinajstić information content (AvgIpc) is 2.55. The van der Waals surface area contributed by atoms with Crippen molar-refractivity contribution in [3.05, 3.63) is 59.4 Å². The standard InChI is InChI=1S/C19H26N4O/c1-14-7-5-6-8-16(14)18(23(3)4)19(24)22-12-11-21-17-9-10-20-13-15(17)2/h5-10,13,18H,11-12H2,1-4H3,(H,20,21)(H,22,24)/t18-/m0/s1. The third kappa shape index (κ3) is 4.55. The van der Waals surface area contributed by atoms with E-state index in [9.17, 15) is 4.79 Å². The highest BCUT2D eigenvalue weighted by molar-refractivity contribution is 5.83. The Kier molecular flexibility index (Phi) is 6.32. The van der Waals surface area contributed by atoms with E-state index in [1.807, 2.05) is 69.4 Å². The van der Waals surface area contributed by atoms with Gasteiger partial charge in [-0.15, -0.1) is 0 Å². The lowest BCUT2D eigenvalue weighted by Gasteiger charge is -2.25. The highest BCUT2D eigenvalue weighted by Crippen LogP contribution is 2.21. The summed E-state index contributed by atoms with van der Waals surface area (Å²) in [6.45, 7) is 5.28. The molecule has 0 saturated heterocycles. The molecule has 1 aromatic carbocycles. The fraction of sp³-hybridized carbons (Fsp3) is 0.368. The monoisotopic (exact) mass is 326 g/mol. The van der Waals surface area contributed by atoms with Crippen LogP contribution >= 0.6 is 0 Å². The van der Waals surface area contributed by atoms with Gasteiger partial charge in [0.15, 0.2) is 0 Å². The van der Waals surface area contributed by atoms with Crippen molar-refractivity contribution in [2.24, 2.45) is 0 Å². The molecule has 1 amide bonds. The van der Waals surface area contributed by atoms with Crippen LogP contribution in [0.5, 0.6) is 0 Å². The van der Waals surface area contributed by atoms with Crippen LogP contribution in [0.2, 0.25) is 0 Å². The highest BCUT2D eigenvalue weighted by Gasteiger charge is 2.23. The van der Waals surface area contributed by atoms with Crippen molar-refractivity contribution in [3.63, 3.8) is 0 Å². The van der Waals surface area contributed by atoms with Gasteiger partial charge in [-0.1, -0.05) is 24.3 Å². The van der Waals surface area contributed by atoms with E-state index in [1.165, 1.54) is 0 Å². The van der Waals surface area contributed by atoms with E-state index in [0.29, 0.717) is 13.1 Å². The number of anilines is 1. The maximum absolute atomic E-state index is 12.6. The molecule has 0 radical (unpaired) electrons. The Bertz CT molecular complexity index is 685. The molecule has 0 unspecified atom stereocenters. The molecule has 0 aliphatic heterocycles. The number of amides is 1. The molecule has 0 saturated carbocycles. The maximum Gasteiger partial charge on any atom is 0.242 e. The van der Waals surface area contributed by atoms with Crippen LogP contribution in [0.4, 0.5) is 5.69 Å². The molecule has 1 atom stereocenters. The maximum atomic E-state index is 12.6. The van der Waals surface area contributed by atoms with E-state index in [1.54, 1.807) is 6.20 Å². The Morgan fingerprint density at radius 1 is 1.12 bits per heavy atom. The fourth-order valence-corrected chi connectivity index (χ4v) is 2.70. The topological polar surface area (TPSA) is 57.3 Å². The van der Waals surface area contributed by atoms with E-state index < -0.39 is 0 Å². The molecule has 2 aromatic rings. The summed E-state index contributed by atoms with van der Waals surface area (Å²) in [7, 11) is 3.85. The predicted molar refractivity (Wildman–Crippen MR) is 98.1 cm³/mol. The Hall–Kier alpha value is -2.40. The van der Waals surface area contributed by atoms with Crippen LogP contribution < -0.4 is 10.6 Å². The number of nitrogens with zero attached hydrogens (tertiary/aromatic N) is 2. The Morgan fingerprint density at radius 2 is 1.88 bits per heavy atom. The molecule has 0 aliphatic carbocycles. The number of pyridine rings is 1. The van der Waals surface area contributed by atoms with Crippen molar-refractivity contribution >= 4 is 11.6 Å². The van der Waals surface area contributed by atoms with Crippen molar-refractivity contribution in [1.82, 2.24) is 15.2 Å². The minimum absolute atomic E-state index is 0.0163. The summed E-state index contributed by atoms with van der Waals surface area (Å²) in [6, 6.07) is 9.66. The van der Waals surface area contributed by atoms with Crippen LogP contribution in [0.3, 0.4) is 0 Å². The average molecular weight is 326 g/mol. The molecule has 128 valence electrons. The Labute approximate surface area is 144 Å². The number of nitrogens with one attached hydrogen (secondary N) is 2. The van der Waals surface area contributed by atoms with Crippen molar-refractivity contribution in [2.75, 3.05) is 32.5 Å². The number of aromatic nitrogens is 1. The molecule has 2 N–H and O–H groups in total. The Morgan fingerprint density at radius 3 is 2.54 bits per heavy atom. The molecule has 5 nitrogen and oxygen atoms in total. The molecular weight excluding hydrogens is 300 g/mol. The molecule has 24 heavy (non-hydrogen) atoms. The number of benzene rings is 1. The van der Waals surface area contributed by atoms with Gasteiger partial charge in [-0.2, -0.15) is 0 Å². The fourth-order valence-electron chi connectivity index (χ4n) is 2.70. The summed E-state index contributed by atoms with van der Waals surface area (Å²) in [5, 5.41) is 6.34. The minimum Gasteiger partial charge on any atom is -0.383 e. The second-order valence-electron chi connectivity index (χ2n) is 6.13. The van der Waals surface area contributed by atoms with Crippen molar-refractivity contribution in [1.29, 1.82) is 0 Å². The van der Waals surface area contributed by atoms with Gasteiger partial charge >= 0.3 is 0 Å². The zero-order chi connectivity index (χ0) is 17.5. The second kappa shape index (κ2) is 8.45. The predicted octanol–water partition coefficient (Wildman–Crippen LogP) is 2.53. The number of likely N-dealkylation sites (N-methyl/N-ethyl adjacent to an activating group) is 1. The van der Waals surface area contributed by atoms with Crippen LogP contribution in [0.15, 0.2) is 42.7 Å². The molecule has 0 aliphatic rings. The SMILES string of the molecule is Cc1cnccc1NCCNC(=O)[C@H](c1ccccc1C)N(C)C. The summed E-state index contributed by atoms with van der Waals surface area (Å²) in [5.41, 5.74) is 4.30. The number of carbonyl (C=O) groups excluding carboxylic acids is 1. The van der Waals surface area contributed by atoms with E-state index in [0.717, 1.165) is 22.4 Å². The first kappa shape index (κ1) is 17.9.